The average Bonchev–Trinajstić information content (AvgIpc) is 3.25. The Morgan fingerprint density at radius 3 is 2.79 bits per heavy atom. The third-order valence-corrected chi connectivity index (χ3v) is 5.74. The number of aromatic nitrogens is 2. The standard InChI is InChI=1S/C23H24ClN3O2/c1-2-19(16-9-4-3-5-10-16)23(28)27-14-7-6-13-20(27)22-25-21(26-29-22)17-11-8-12-18(24)15-17/h3-5,8-12,15,19-20H,2,6-7,13-14H2,1H3. The number of nitrogens with zero attached hydrogens (tertiary/aromatic N) is 3. The second-order valence-electron chi connectivity index (χ2n) is 7.38. The lowest BCUT2D eigenvalue weighted by Crippen LogP contribution is -2.41. The molecule has 2 atom stereocenters. The minimum absolute atomic E-state index is 0.130. The zero-order valence-electron chi connectivity index (χ0n) is 16.4. The van der Waals surface area contributed by atoms with Gasteiger partial charge in [0.1, 0.15) is 6.04 Å². The summed E-state index contributed by atoms with van der Waals surface area (Å²) in [4.78, 5) is 20.0. The molecule has 2 aromatic carbocycles. The van der Waals surface area contributed by atoms with Gasteiger partial charge < -0.3 is 9.42 Å². The Kier molecular flexibility index (Phi) is 5.95. The highest BCUT2D eigenvalue weighted by Gasteiger charge is 2.35. The van der Waals surface area contributed by atoms with Crippen LogP contribution < -0.4 is 0 Å². The number of carbonyl (C=O) groups is 1. The molecule has 4 rings (SSSR count). The van der Waals surface area contributed by atoms with E-state index in [1.807, 2.05) is 59.5 Å². The molecule has 2 unspecified atom stereocenters. The summed E-state index contributed by atoms with van der Waals surface area (Å²) >= 11 is 6.08. The summed E-state index contributed by atoms with van der Waals surface area (Å²) in [7, 11) is 0. The maximum atomic E-state index is 13.5. The molecule has 29 heavy (non-hydrogen) atoms. The number of hydrogen-bond donors (Lipinski definition) is 0. The molecule has 0 saturated carbocycles. The van der Waals surface area contributed by atoms with Crippen LogP contribution in [0.15, 0.2) is 59.1 Å². The fourth-order valence-corrected chi connectivity index (χ4v) is 4.20. The smallest absolute Gasteiger partial charge is 0.249 e. The van der Waals surface area contributed by atoms with Crippen LogP contribution in [0.1, 0.15) is 56.0 Å². The van der Waals surface area contributed by atoms with Crippen LogP contribution in [0.3, 0.4) is 0 Å². The normalized spacial score (nSPS) is 17.9. The molecule has 0 N–H and O–H groups in total. The van der Waals surface area contributed by atoms with Crippen LogP contribution in [-0.2, 0) is 4.79 Å². The number of rotatable bonds is 5. The molecule has 0 bridgehead atoms. The lowest BCUT2D eigenvalue weighted by atomic mass is 9.92. The summed E-state index contributed by atoms with van der Waals surface area (Å²) in [5, 5.41) is 4.76. The summed E-state index contributed by atoms with van der Waals surface area (Å²) in [5.74, 6) is 0.963. The Labute approximate surface area is 175 Å². The van der Waals surface area contributed by atoms with Gasteiger partial charge in [-0.15, -0.1) is 0 Å². The van der Waals surface area contributed by atoms with Crippen molar-refractivity contribution >= 4 is 17.5 Å². The minimum atomic E-state index is -0.186. The molecule has 1 aromatic heterocycles. The predicted octanol–water partition coefficient (Wildman–Crippen LogP) is 5.64. The minimum Gasteiger partial charge on any atom is -0.337 e. The Bertz CT molecular complexity index is 973. The highest BCUT2D eigenvalue weighted by Crippen LogP contribution is 2.34. The molecule has 1 saturated heterocycles. The largest absolute Gasteiger partial charge is 0.337 e. The van der Waals surface area contributed by atoms with Gasteiger partial charge in [-0.2, -0.15) is 4.98 Å². The van der Waals surface area contributed by atoms with E-state index in [2.05, 4.69) is 17.1 Å². The van der Waals surface area contributed by atoms with Gasteiger partial charge in [0.05, 0.1) is 5.92 Å². The molecule has 1 fully saturated rings. The highest BCUT2D eigenvalue weighted by atomic mass is 35.5. The van der Waals surface area contributed by atoms with Crippen LogP contribution in [0.2, 0.25) is 5.02 Å². The van der Waals surface area contributed by atoms with Crippen molar-refractivity contribution < 1.29 is 9.32 Å². The van der Waals surface area contributed by atoms with Crippen LogP contribution in [0, 0.1) is 0 Å². The number of carbonyl (C=O) groups excluding carboxylic acids is 1. The topological polar surface area (TPSA) is 59.2 Å². The molecular weight excluding hydrogens is 386 g/mol. The molecule has 1 aliphatic rings. The van der Waals surface area contributed by atoms with Crippen molar-refractivity contribution in [2.45, 2.75) is 44.6 Å². The summed E-state index contributed by atoms with van der Waals surface area (Å²) in [6, 6.07) is 17.2. The van der Waals surface area contributed by atoms with E-state index in [9.17, 15) is 4.79 Å². The Balaban J connectivity index is 1.60. The van der Waals surface area contributed by atoms with Crippen LogP contribution in [0.4, 0.5) is 0 Å². The maximum Gasteiger partial charge on any atom is 0.249 e. The number of piperidine rings is 1. The van der Waals surface area contributed by atoms with Crippen molar-refractivity contribution in [3.63, 3.8) is 0 Å². The number of benzene rings is 2. The first-order valence-corrected chi connectivity index (χ1v) is 10.5. The Morgan fingerprint density at radius 1 is 1.21 bits per heavy atom. The van der Waals surface area contributed by atoms with Crippen LogP contribution in [-0.4, -0.2) is 27.5 Å². The summed E-state index contributed by atoms with van der Waals surface area (Å²) in [6.07, 6.45) is 3.60. The zero-order valence-corrected chi connectivity index (χ0v) is 17.2. The van der Waals surface area contributed by atoms with Gasteiger partial charge in [-0.25, -0.2) is 0 Å². The van der Waals surface area contributed by atoms with Gasteiger partial charge in [-0.1, -0.05) is 66.1 Å². The van der Waals surface area contributed by atoms with E-state index >= 15 is 0 Å². The first-order valence-electron chi connectivity index (χ1n) is 10.1. The molecular formula is C23H24ClN3O2. The molecule has 1 amide bonds. The number of hydrogen-bond acceptors (Lipinski definition) is 4. The zero-order chi connectivity index (χ0) is 20.2. The van der Waals surface area contributed by atoms with Gasteiger partial charge >= 0.3 is 0 Å². The van der Waals surface area contributed by atoms with Gasteiger partial charge in [-0.3, -0.25) is 4.79 Å². The van der Waals surface area contributed by atoms with E-state index < -0.39 is 0 Å². The van der Waals surface area contributed by atoms with Crippen molar-refractivity contribution in [2.24, 2.45) is 0 Å². The Hall–Kier alpha value is -2.66. The predicted molar refractivity (Wildman–Crippen MR) is 113 cm³/mol. The van der Waals surface area contributed by atoms with E-state index in [0.29, 0.717) is 23.3 Å². The van der Waals surface area contributed by atoms with Gasteiger partial charge in [0, 0.05) is 17.1 Å². The van der Waals surface area contributed by atoms with Crippen LogP contribution in [0.25, 0.3) is 11.4 Å². The lowest BCUT2D eigenvalue weighted by Gasteiger charge is -2.35. The molecule has 0 spiro atoms. The SMILES string of the molecule is CCC(C(=O)N1CCCCC1c1nc(-c2cccc(Cl)c2)no1)c1ccccc1. The first-order chi connectivity index (χ1) is 14.2. The summed E-state index contributed by atoms with van der Waals surface area (Å²) < 4.78 is 5.60. The van der Waals surface area contributed by atoms with Crippen molar-refractivity contribution in [3.05, 3.63) is 71.1 Å². The molecule has 0 aliphatic carbocycles. The van der Waals surface area contributed by atoms with Crippen molar-refractivity contribution in [3.8, 4) is 11.4 Å². The number of amides is 1. The molecule has 2 heterocycles. The number of likely N-dealkylation sites (tertiary alicyclic amines) is 1. The van der Waals surface area contributed by atoms with E-state index in [-0.39, 0.29) is 17.9 Å². The van der Waals surface area contributed by atoms with E-state index in [1.165, 1.54) is 0 Å². The fraction of sp³-hybridized carbons (Fsp3) is 0.348. The third-order valence-electron chi connectivity index (χ3n) is 5.50. The monoisotopic (exact) mass is 409 g/mol. The number of halogens is 1. The lowest BCUT2D eigenvalue weighted by molar-refractivity contribution is -0.137. The van der Waals surface area contributed by atoms with Crippen molar-refractivity contribution in [2.75, 3.05) is 6.54 Å². The summed E-state index contributed by atoms with van der Waals surface area (Å²) in [5.41, 5.74) is 1.85. The van der Waals surface area contributed by atoms with Crippen molar-refractivity contribution in [1.29, 1.82) is 0 Å². The summed E-state index contributed by atoms with van der Waals surface area (Å²) in [6.45, 7) is 2.76. The highest BCUT2D eigenvalue weighted by molar-refractivity contribution is 6.30. The third kappa shape index (κ3) is 4.20. The second-order valence-corrected chi connectivity index (χ2v) is 7.82. The molecule has 6 heteroatoms. The van der Waals surface area contributed by atoms with Gasteiger partial charge in [0.25, 0.3) is 0 Å². The van der Waals surface area contributed by atoms with Crippen LogP contribution in [0.5, 0.6) is 0 Å². The first kappa shape index (κ1) is 19.6. The van der Waals surface area contributed by atoms with Gasteiger partial charge in [0.2, 0.25) is 17.6 Å². The van der Waals surface area contributed by atoms with Crippen molar-refractivity contribution in [1.82, 2.24) is 15.0 Å². The average molecular weight is 410 g/mol. The quantitative estimate of drug-likeness (QED) is 0.547. The van der Waals surface area contributed by atoms with Crippen LogP contribution >= 0.6 is 11.6 Å². The molecule has 5 nitrogen and oxygen atoms in total. The van der Waals surface area contributed by atoms with E-state index in [1.54, 1.807) is 0 Å². The van der Waals surface area contributed by atoms with E-state index in [4.69, 9.17) is 16.1 Å². The van der Waals surface area contributed by atoms with Gasteiger partial charge in [0.15, 0.2) is 0 Å². The molecule has 1 aliphatic heterocycles. The molecule has 0 radical (unpaired) electrons. The maximum absolute atomic E-state index is 13.5. The fourth-order valence-electron chi connectivity index (χ4n) is 4.01. The van der Waals surface area contributed by atoms with Gasteiger partial charge in [-0.05, 0) is 43.4 Å². The second kappa shape index (κ2) is 8.78. The molecule has 3 aromatic rings. The van der Waals surface area contributed by atoms with E-state index in [0.717, 1.165) is 36.8 Å². The Morgan fingerprint density at radius 2 is 2.03 bits per heavy atom. The molecule has 150 valence electrons.